The first-order valence-electron chi connectivity index (χ1n) is 6.28. The number of thiophene rings is 1. The Morgan fingerprint density at radius 1 is 1.38 bits per heavy atom. The van der Waals surface area contributed by atoms with Crippen molar-refractivity contribution in [3.05, 3.63) is 16.3 Å². The predicted octanol–water partition coefficient (Wildman–Crippen LogP) is 1.33. The fourth-order valence-corrected chi connectivity index (χ4v) is 5.28. The zero-order valence-corrected chi connectivity index (χ0v) is 14.5. The van der Waals surface area contributed by atoms with Gasteiger partial charge < -0.3 is 10.1 Å². The van der Waals surface area contributed by atoms with Crippen molar-refractivity contribution in [1.82, 2.24) is 9.62 Å². The Labute approximate surface area is 134 Å². The Bertz CT molecular complexity index is 592. The zero-order chi connectivity index (χ0) is 14.9. The van der Waals surface area contributed by atoms with Crippen molar-refractivity contribution in [2.75, 3.05) is 20.2 Å². The fraction of sp³-hybridized carbons (Fsp3) is 0.583. The number of hydrogen-bond acceptors (Lipinski definition) is 6. The normalized spacial score (nSPS) is 23.4. The quantitative estimate of drug-likeness (QED) is 0.829. The van der Waals surface area contributed by atoms with E-state index in [9.17, 15) is 13.2 Å². The minimum atomic E-state index is -3.67. The largest absolute Gasteiger partial charge is 0.465 e. The van der Waals surface area contributed by atoms with Gasteiger partial charge in [0.2, 0.25) is 10.0 Å². The maximum Gasteiger partial charge on any atom is 0.349 e. The topological polar surface area (TPSA) is 75.7 Å². The van der Waals surface area contributed by atoms with Crippen LogP contribution in [0.4, 0.5) is 0 Å². The van der Waals surface area contributed by atoms with E-state index in [-0.39, 0.29) is 34.3 Å². The van der Waals surface area contributed by atoms with E-state index in [0.29, 0.717) is 13.1 Å². The van der Waals surface area contributed by atoms with Crippen LogP contribution in [0.5, 0.6) is 0 Å². The van der Waals surface area contributed by atoms with Gasteiger partial charge in [0.1, 0.15) is 9.77 Å². The van der Waals surface area contributed by atoms with Gasteiger partial charge in [0, 0.05) is 25.2 Å². The molecular weight excluding hydrogens is 336 g/mol. The van der Waals surface area contributed by atoms with Gasteiger partial charge in [-0.05, 0) is 25.3 Å². The highest BCUT2D eigenvalue weighted by Gasteiger charge is 2.34. The predicted molar refractivity (Wildman–Crippen MR) is 83.7 cm³/mol. The van der Waals surface area contributed by atoms with Crippen LogP contribution < -0.4 is 5.32 Å². The molecule has 0 amide bonds. The average Bonchev–Trinajstić information content (AvgIpc) is 2.86. The molecule has 0 bridgehead atoms. The second-order valence-corrected chi connectivity index (χ2v) is 7.72. The molecule has 2 heterocycles. The minimum absolute atomic E-state index is 0. The highest BCUT2D eigenvalue weighted by Crippen LogP contribution is 2.27. The maximum atomic E-state index is 12.7. The van der Waals surface area contributed by atoms with Gasteiger partial charge in [-0.2, -0.15) is 4.31 Å². The second-order valence-electron chi connectivity index (χ2n) is 4.90. The molecule has 0 aliphatic carbocycles. The van der Waals surface area contributed by atoms with E-state index >= 15 is 0 Å². The molecule has 0 saturated carbocycles. The number of esters is 1. The van der Waals surface area contributed by atoms with Crippen LogP contribution in [0.1, 0.15) is 23.5 Å². The van der Waals surface area contributed by atoms with Crippen molar-refractivity contribution in [1.29, 1.82) is 0 Å². The van der Waals surface area contributed by atoms with Gasteiger partial charge in [0.15, 0.2) is 0 Å². The van der Waals surface area contributed by atoms with E-state index in [4.69, 9.17) is 0 Å². The molecule has 1 N–H and O–H groups in total. The first kappa shape index (κ1) is 18.4. The molecule has 1 aromatic rings. The van der Waals surface area contributed by atoms with Gasteiger partial charge in [-0.25, -0.2) is 13.2 Å². The van der Waals surface area contributed by atoms with Crippen LogP contribution in [0, 0.1) is 0 Å². The number of methoxy groups -OCH3 is 1. The van der Waals surface area contributed by atoms with E-state index < -0.39 is 16.0 Å². The lowest BCUT2D eigenvalue weighted by atomic mass is 10.2. The molecule has 1 aliphatic heterocycles. The molecule has 2 atom stereocenters. The third kappa shape index (κ3) is 3.75. The molecule has 0 aromatic carbocycles. The number of ether oxygens (including phenoxy) is 1. The summed E-state index contributed by atoms with van der Waals surface area (Å²) >= 11 is 1.08. The first-order chi connectivity index (χ1) is 9.36. The smallest absolute Gasteiger partial charge is 0.349 e. The summed E-state index contributed by atoms with van der Waals surface area (Å²) in [5.74, 6) is -0.616. The highest BCUT2D eigenvalue weighted by atomic mass is 35.5. The van der Waals surface area contributed by atoms with Crippen LogP contribution in [0.25, 0.3) is 0 Å². The lowest BCUT2D eigenvalue weighted by Crippen LogP contribution is -2.55. The zero-order valence-electron chi connectivity index (χ0n) is 12.0. The molecular formula is C12H19ClN2O4S2. The number of piperazine rings is 1. The van der Waals surface area contributed by atoms with Crippen LogP contribution in [-0.4, -0.2) is 51.0 Å². The first-order valence-corrected chi connectivity index (χ1v) is 8.60. The summed E-state index contributed by atoms with van der Waals surface area (Å²) in [6.45, 7) is 4.66. The Kier molecular flexibility index (Phi) is 6.18. The Morgan fingerprint density at radius 3 is 2.48 bits per heavy atom. The van der Waals surface area contributed by atoms with Crippen LogP contribution in [0.15, 0.2) is 16.3 Å². The summed E-state index contributed by atoms with van der Waals surface area (Å²) in [4.78, 5) is 11.8. The summed E-state index contributed by atoms with van der Waals surface area (Å²) in [5, 5.41) is 4.87. The highest BCUT2D eigenvalue weighted by molar-refractivity contribution is 7.89. The van der Waals surface area contributed by atoms with E-state index in [1.165, 1.54) is 17.5 Å². The van der Waals surface area contributed by atoms with Crippen LogP contribution in [-0.2, 0) is 14.8 Å². The SMILES string of the molecule is COC(=O)c1sccc1S(=O)(=O)N1CC(C)NC(C)C1.Cl. The number of carbonyl (C=O) groups excluding carboxylic acids is 1. The monoisotopic (exact) mass is 354 g/mol. The Balaban J connectivity index is 0.00000220. The number of carbonyl (C=O) groups is 1. The molecule has 0 spiro atoms. The molecule has 1 fully saturated rings. The number of nitrogens with one attached hydrogen (secondary N) is 1. The van der Waals surface area contributed by atoms with Crippen LogP contribution in [0.3, 0.4) is 0 Å². The number of halogens is 1. The van der Waals surface area contributed by atoms with Crippen molar-refractivity contribution in [2.24, 2.45) is 0 Å². The molecule has 2 unspecified atom stereocenters. The summed E-state index contributed by atoms with van der Waals surface area (Å²) in [7, 11) is -2.42. The van der Waals surface area contributed by atoms with Crippen molar-refractivity contribution in [3.63, 3.8) is 0 Å². The molecule has 0 radical (unpaired) electrons. The second kappa shape index (κ2) is 7.06. The summed E-state index contributed by atoms with van der Waals surface area (Å²) in [5.41, 5.74) is 0. The van der Waals surface area contributed by atoms with Gasteiger partial charge in [-0.15, -0.1) is 23.7 Å². The average molecular weight is 355 g/mol. The van der Waals surface area contributed by atoms with Crippen molar-refractivity contribution in [2.45, 2.75) is 30.8 Å². The van der Waals surface area contributed by atoms with Crippen LogP contribution >= 0.6 is 23.7 Å². The van der Waals surface area contributed by atoms with E-state index in [0.717, 1.165) is 11.3 Å². The third-order valence-corrected chi connectivity index (χ3v) is 6.04. The van der Waals surface area contributed by atoms with Gasteiger partial charge in [0.05, 0.1) is 7.11 Å². The molecule has 21 heavy (non-hydrogen) atoms. The molecule has 1 aliphatic rings. The van der Waals surface area contributed by atoms with Crippen molar-refractivity contribution >= 4 is 39.7 Å². The molecule has 120 valence electrons. The van der Waals surface area contributed by atoms with Crippen molar-refractivity contribution in [3.8, 4) is 0 Å². The maximum absolute atomic E-state index is 12.7. The molecule has 1 aromatic heterocycles. The van der Waals surface area contributed by atoms with E-state index in [2.05, 4.69) is 10.1 Å². The van der Waals surface area contributed by atoms with Gasteiger partial charge in [0.25, 0.3) is 0 Å². The van der Waals surface area contributed by atoms with Crippen LogP contribution in [0.2, 0.25) is 0 Å². The Morgan fingerprint density at radius 2 is 1.95 bits per heavy atom. The van der Waals surface area contributed by atoms with E-state index in [1.54, 1.807) is 5.38 Å². The summed E-state index contributed by atoms with van der Waals surface area (Å²) in [6, 6.07) is 1.62. The lowest BCUT2D eigenvalue weighted by molar-refractivity contribution is 0.0602. The van der Waals surface area contributed by atoms with E-state index in [1.807, 2.05) is 13.8 Å². The summed E-state index contributed by atoms with van der Waals surface area (Å²) < 4.78 is 31.4. The summed E-state index contributed by atoms with van der Waals surface area (Å²) in [6.07, 6.45) is 0. The molecule has 2 rings (SSSR count). The minimum Gasteiger partial charge on any atom is -0.465 e. The van der Waals surface area contributed by atoms with Gasteiger partial charge in [-0.1, -0.05) is 0 Å². The molecule has 1 saturated heterocycles. The number of hydrogen-bond donors (Lipinski definition) is 1. The van der Waals surface area contributed by atoms with Crippen molar-refractivity contribution < 1.29 is 17.9 Å². The number of sulfonamides is 1. The number of nitrogens with zero attached hydrogens (tertiary/aromatic N) is 1. The Hall–Kier alpha value is -0.670. The molecule has 6 nitrogen and oxygen atoms in total. The third-order valence-electron chi connectivity index (χ3n) is 3.14. The fourth-order valence-electron chi connectivity index (χ4n) is 2.35. The molecule has 9 heteroatoms. The number of rotatable bonds is 3. The van der Waals surface area contributed by atoms with Gasteiger partial charge in [-0.3, -0.25) is 0 Å². The lowest BCUT2D eigenvalue weighted by Gasteiger charge is -2.35. The van der Waals surface area contributed by atoms with Gasteiger partial charge >= 0.3 is 5.97 Å². The standard InChI is InChI=1S/C12H18N2O4S2.ClH/c1-8-6-14(7-9(2)13-8)20(16,17)10-4-5-19-11(10)12(15)18-3;/h4-5,8-9,13H,6-7H2,1-3H3;1H.